The van der Waals surface area contributed by atoms with E-state index < -0.39 is 0 Å². The molecule has 2 aromatic heterocycles. The van der Waals surface area contributed by atoms with E-state index in [9.17, 15) is 9.59 Å². The van der Waals surface area contributed by atoms with Crippen molar-refractivity contribution < 1.29 is 14.3 Å². The summed E-state index contributed by atoms with van der Waals surface area (Å²) in [5, 5.41) is 6.54. The molecule has 2 N–H and O–H groups in total. The van der Waals surface area contributed by atoms with Crippen molar-refractivity contribution in [2.24, 2.45) is 5.92 Å². The van der Waals surface area contributed by atoms with Gasteiger partial charge in [-0.05, 0) is 63.4 Å². The fourth-order valence-electron chi connectivity index (χ4n) is 3.90. The van der Waals surface area contributed by atoms with Crippen LogP contribution >= 0.6 is 11.3 Å². The SMILES string of the molecule is CCOCCCn1c(NC(=O)Nc2ccc(C)s2)nc2cc(N(C)C(=O)C(CC)CC)ccc21. The maximum atomic E-state index is 12.9. The number of fused-ring (bicyclic) bond motifs is 1. The molecule has 0 fully saturated rings. The van der Waals surface area contributed by atoms with E-state index in [-0.39, 0.29) is 17.9 Å². The summed E-state index contributed by atoms with van der Waals surface area (Å²) >= 11 is 1.52. The molecular formula is C25H35N5O3S. The van der Waals surface area contributed by atoms with Crippen molar-refractivity contribution in [1.29, 1.82) is 0 Å². The lowest BCUT2D eigenvalue weighted by atomic mass is 10.0. The van der Waals surface area contributed by atoms with Crippen molar-refractivity contribution >= 4 is 50.9 Å². The molecule has 0 saturated carbocycles. The molecule has 0 aliphatic carbocycles. The highest BCUT2D eigenvalue weighted by Gasteiger charge is 2.21. The van der Waals surface area contributed by atoms with Crippen LogP contribution < -0.4 is 15.5 Å². The molecule has 0 spiro atoms. The average molecular weight is 486 g/mol. The Bertz CT molecular complexity index is 1120. The molecule has 34 heavy (non-hydrogen) atoms. The third kappa shape index (κ3) is 6.15. The summed E-state index contributed by atoms with van der Waals surface area (Å²) in [6.07, 6.45) is 2.40. The third-order valence-electron chi connectivity index (χ3n) is 5.86. The Morgan fingerprint density at radius 2 is 1.91 bits per heavy atom. The van der Waals surface area contributed by atoms with Crippen LogP contribution in [0.2, 0.25) is 0 Å². The topological polar surface area (TPSA) is 88.5 Å². The number of urea groups is 1. The maximum Gasteiger partial charge on any atom is 0.326 e. The first-order chi connectivity index (χ1) is 16.4. The number of thiophene rings is 1. The van der Waals surface area contributed by atoms with Gasteiger partial charge in [-0.3, -0.25) is 15.4 Å². The molecule has 3 aromatic rings. The third-order valence-corrected chi connectivity index (χ3v) is 6.78. The molecule has 0 aliphatic heterocycles. The molecule has 3 rings (SSSR count). The number of hydrogen-bond donors (Lipinski definition) is 2. The van der Waals surface area contributed by atoms with Gasteiger partial charge in [0.15, 0.2) is 0 Å². The minimum atomic E-state index is -0.343. The van der Waals surface area contributed by atoms with Gasteiger partial charge in [-0.1, -0.05) is 13.8 Å². The summed E-state index contributed by atoms with van der Waals surface area (Å²) in [5.41, 5.74) is 2.40. The van der Waals surface area contributed by atoms with E-state index in [1.165, 1.54) is 11.3 Å². The smallest absolute Gasteiger partial charge is 0.326 e. The largest absolute Gasteiger partial charge is 0.382 e. The van der Waals surface area contributed by atoms with Gasteiger partial charge in [-0.15, -0.1) is 11.3 Å². The normalized spacial score (nSPS) is 11.2. The number of carbonyl (C=O) groups is 2. The number of nitrogens with one attached hydrogen (secondary N) is 2. The predicted molar refractivity (Wildman–Crippen MR) is 140 cm³/mol. The number of nitrogens with zero attached hydrogens (tertiary/aromatic N) is 3. The van der Waals surface area contributed by atoms with Crippen LogP contribution in [0.15, 0.2) is 30.3 Å². The number of ether oxygens (including phenoxy) is 1. The van der Waals surface area contributed by atoms with E-state index in [4.69, 9.17) is 9.72 Å². The molecular weight excluding hydrogens is 450 g/mol. The van der Waals surface area contributed by atoms with E-state index in [0.717, 1.165) is 45.9 Å². The highest BCUT2D eigenvalue weighted by Crippen LogP contribution is 2.27. The van der Waals surface area contributed by atoms with E-state index in [0.29, 0.717) is 25.7 Å². The fraction of sp³-hybridized carbons (Fsp3) is 0.480. The number of hydrogen-bond acceptors (Lipinski definition) is 5. The second-order valence-corrected chi connectivity index (χ2v) is 9.50. The maximum absolute atomic E-state index is 12.9. The average Bonchev–Trinajstić information content (AvgIpc) is 3.38. The fourth-order valence-corrected chi connectivity index (χ4v) is 4.67. The second-order valence-electron chi connectivity index (χ2n) is 8.21. The van der Waals surface area contributed by atoms with Crippen molar-refractivity contribution in [1.82, 2.24) is 9.55 Å². The van der Waals surface area contributed by atoms with Gasteiger partial charge in [-0.25, -0.2) is 9.78 Å². The number of imidazole rings is 1. The van der Waals surface area contributed by atoms with Crippen LogP contribution in [-0.4, -0.2) is 41.8 Å². The summed E-state index contributed by atoms with van der Waals surface area (Å²) in [6.45, 7) is 9.97. The Labute approximate surface area is 205 Å². The number of amides is 3. The van der Waals surface area contributed by atoms with Crippen molar-refractivity contribution in [3.63, 3.8) is 0 Å². The molecule has 184 valence electrons. The molecule has 1 aromatic carbocycles. The Morgan fingerprint density at radius 1 is 1.15 bits per heavy atom. The van der Waals surface area contributed by atoms with E-state index >= 15 is 0 Å². The Hall–Kier alpha value is -2.91. The van der Waals surface area contributed by atoms with Crippen LogP contribution in [0.5, 0.6) is 0 Å². The summed E-state index contributed by atoms with van der Waals surface area (Å²) in [6, 6.07) is 9.29. The lowest BCUT2D eigenvalue weighted by Gasteiger charge is -2.22. The van der Waals surface area contributed by atoms with Crippen molar-refractivity contribution in [3.8, 4) is 0 Å². The molecule has 9 heteroatoms. The van der Waals surface area contributed by atoms with Crippen LogP contribution in [0.4, 0.5) is 21.4 Å². The lowest BCUT2D eigenvalue weighted by molar-refractivity contribution is -0.122. The standard InChI is InChI=1S/C25H35N5O3S/c1-6-18(7-2)23(31)29(5)19-11-12-21-20(16-19)26-24(30(21)14-9-15-33-8-3)28-25(32)27-22-13-10-17(4)34-22/h10-13,16,18H,6-9,14-15H2,1-5H3,(H2,26,27,28,32). The van der Waals surface area contributed by atoms with E-state index in [1.54, 1.807) is 11.9 Å². The molecule has 2 heterocycles. The highest BCUT2D eigenvalue weighted by molar-refractivity contribution is 7.16. The molecule has 0 bridgehead atoms. The zero-order valence-corrected chi connectivity index (χ0v) is 21.5. The molecule has 8 nitrogen and oxygen atoms in total. The van der Waals surface area contributed by atoms with E-state index in [1.807, 2.05) is 62.6 Å². The van der Waals surface area contributed by atoms with Crippen molar-refractivity contribution in [2.45, 2.75) is 53.5 Å². The zero-order chi connectivity index (χ0) is 24.7. The first-order valence-electron chi connectivity index (χ1n) is 11.9. The molecule has 0 radical (unpaired) electrons. The lowest BCUT2D eigenvalue weighted by Crippen LogP contribution is -2.32. The van der Waals surface area contributed by atoms with Crippen molar-refractivity contribution in [3.05, 3.63) is 35.2 Å². The van der Waals surface area contributed by atoms with Crippen LogP contribution in [-0.2, 0) is 16.1 Å². The summed E-state index contributed by atoms with van der Waals surface area (Å²) in [7, 11) is 1.80. The number of carbonyl (C=O) groups excluding carboxylic acids is 2. The molecule has 0 unspecified atom stereocenters. The molecule has 0 aliphatic rings. The minimum Gasteiger partial charge on any atom is -0.382 e. The summed E-state index contributed by atoms with van der Waals surface area (Å²) < 4.78 is 7.48. The minimum absolute atomic E-state index is 0.00127. The molecule has 0 saturated heterocycles. The summed E-state index contributed by atoms with van der Waals surface area (Å²) in [5.74, 6) is 0.562. The van der Waals surface area contributed by atoms with Crippen LogP contribution in [0.25, 0.3) is 11.0 Å². The number of rotatable bonds is 11. The molecule has 0 atom stereocenters. The second kappa shape index (κ2) is 12.0. The first kappa shape index (κ1) is 25.7. The van der Waals surface area contributed by atoms with Gasteiger partial charge in [0.05, 0.1) is 16.0 Å². The quantitative estimate of drug-likeness (QED) is 0.332. The van der Waals surface area contributed by atoms with Gasteiger partial charge in [-0.2, -0.15) is 0 Å². The predicted octanol–water partition coefficient (Wildman–Crippen LogP) is 5.88. The van der Waals surface area contributed by atoms with Crippen LogP contribution in [0.1, 0.15) is 44.9 Å². The van der Waals surface area contributed by atoms with E-state index in [2.05, 4.69) is 10.6 Å². The van der Waals surface area contributed by atoms with Gasteiger partial charge in [0, 0.05) is 43.3 Å². The zero-order valence-electron chi connectivity index (χ0n) is 20.7. The highest BCUT2D eigenvalue weighted by atomic mass is 32.1. The van der Waals surface area contributed by atoms with Crippen LogP contribution in [0, 0.1) is 12.8 Å². The van der Waals surface area contributed by atoms with Gasteiger partial charge < -0.3 is 14.2 Å². The number of aryl methyl sites for hydroxylation is 2. The van der Waals surface area contributed by atoms with Crippen molar-refractivity contribution in [2.75, 3.05) is 35.8 Å². The Balaban J connectivity index is 1.87. The Morgan fingerprint density at radius 3 is 2.56 bits per heavy atom. The Kier molecular flexibility index (Phi) is 9.06. The number of aromatic nitrogens is 2. The van der Waals surface area contributed by atoms with Gasteiger partial charge in [0.25, 0.3) is 0 Å². The first-order valence-corrected chi connectivity index (χ1v) is 12.7. The number of benzene rings is 1. The van der Waals surface area contributed by atoms with Crippen LogP contribution in [0.3, 0.4) is 0 Å². The van der Waals surface area contributed by atoms with Gasteiger partial charge >= 0.3 is 6.03 Å². The monoisotopic (exact) mass is 485 g/mol. The number of anilines is 3. The van der Waals surface area contributed by atoms with Gasteiger partial charge in [0.1, 0.15) is 0 Å². The van der Waals surface area contributed by atoms with Gasteiger partial charge in [0.2, 0.25) is 11.9 Å². The molecule has 3 amide bonds. The summed E-state index contributed by atoms with van der Waals surface area (Å²) in [4.78, 5) is 33.0.